The third kappa shape index (κ3) is 3.06. The van der Waals surface area contributed by atoms with E-state index in [1.54, 1.807) is 0 Å². The van der Waals surface area contributed by atoms with E-state index in [4.69, 9.17) is 0 Å². The first-order valence-corrected chi connectivity index (χ1v) is 9.28. The van der Waals surface area contributed by atoms with Gasteiger partial charge >= 0.3 is 5.69 Å². The van der Waals surface area contributed by atoms with E-state index in [1.165, 1.54) is 18.3 Å². The molecule has 9 heteroatoms. The van der Waals surface area contributed by atoms with Crippen molar-refractivity contribution in [2.75, 3.05) is 5.32 Å². The van der Waals surface area contributed by atoms with Crippen molar-refractivity contribution >= 4 is 22.8 Å². The number of aromatic nitrogens is 4. The molecule has 1 saturated carbocycles. The molecule has 0 bridgehead atoms. The Morgan fingerprint density at radius 1 is 1.13 bits per heavy atom. The first kappa shape index (κ1) is 18.2. The van der Waals surface area contributed by atoms with E-state index in [2.05, 4.69) is 26.7 Å². The molecule has 150 valence electrons. The van der Waals surface area contributed by atoms with Gasteiger partial charge in [0, 0.05) is 23.8 Å². The number of anilines is 1. The number of imidazole rings is 1. The monoisotopic (exact) mass is 409 g/mol. The van der Waals surface area contributed by atoms with Crippen LogP contribution in [0.15, 0.2) is 58.6 Å². The van der Waals surface area contributed by atoms with Gasteiger partial charge < -0.3 is 5.32 Å². The summed E-state index contributed by atoms with van der Waals surface area (Å²) in [4.78, 5) is 21.8. The summed E-state index contributed by atoms with van der Waals surface area (Å²) >= 11 is 0. The zero-order chi connectivity index (χ0) is 20.8. The smallest absolute Gasteiger partial charge is 0.335 e. The number of nitrogens with one attached hydrogen (secondary N) is 1. The van der Waals surface area contributed by atoms with Crippen molar-refractivity contribution in [3.63, 3.8) is 0 Å². The Hall–Kier alpha value is -3.80. The molecule has 2 heterocycles. The standard InChI is InChI=1S/C21H14F3N5O/c22-14-5-3-6-15(23)13(14)11-28-18-10-25-20(26-12-8-9-12)27-19(18)29(21(28)30)17-7-2-1-4-16(17)24/h3-7,10,12H,8-9,11H2,(H,25,26,27). The summed E-state index contributed by atoms with van der Waals surface area (Å²) in [5.41, 5.74) is 4.35. The molecule has 0 saturated heterocycles. The minimum Gasteiger partial charge on any atom is -0.351 e. The van der Waals surface area contributed by atoms with Crippen LogP contribution in [0.2, 0.25) is 0 Å². The zero-order valence-electron chi connectivity index (χ0n) is 15.5. The quantitative estimate of drug-likeness (QED) is 0.655. The first-order chi connectivity index (χ1) is 14.5. The third-order valence-corrected chi connectivity index (χ3v) is 4.94. The fraction of sp³-hybridized carbons (Fsp3) is 0.190. The van der Waals surface area contributed by atoms with Crippen LogP contribution in [-0.4, -0.2) is 25.1 Å². The molecular weight excluding hydrogens is 395 g/mol. The van der Waals surface area contributed by atoms with Gasteiger partial charge in [-0.05, 0) is 25.0 Å². The van der Waals surface area contributed by atoms with Crippen LogP contribution in [0, 0.1) is 11.6 Å². The van der Waals surface area contributed by atoms with Crippen LogP contribution in [0.5, 0.6) is 0 Å². The Bertz CT molecular complexity index is 1360. The lowest BCUT2D eigenvalue weighted by Gasteiger charge is -2.06. The summed E-state index contributed by atoms with van der Waals surface area (Å²) < 4.78 is 45.0. The van der Waals surface area contributed by atoms with E-state index < -0.39 is 29.7 Å². The van der Waals surface area contributed by atoms with Gasteiger partial charge in [0.15, 0.2) is 11.5 Å². The van der Waals surface area contributed by atoms with Gasteiger partial charge in [-0.25, -0.2) is 27.5 Å². The molecule has 2 aliphatic rings. The molecule has 6 nitrogen and oxygen atoms in total. The molecule has 5 rings (SSSR count). The largest absolute Gasteiger partial charge is 0.351 e. The average molecular weight is 409 g/mol. The molecule has 1 fully saturated rings. The SMILES string of the molecule is O=c1n(Cc2c(F)cccc2F)c2cnc(NC3CC3)nc2n1C1=C(F)C=C=C=C1. The maximum absolute atomic E-state index is 14.5. The predicted molar refractivity (Wildman–Crippen MR) is 104 cm³/mol. The number of benzene rings is 1. The molecule has 1 N–H and O–H groups in total. The lowest BCUT2D eigenvalue weighted by atomic mass is 10.2. The normalized spacial score (nSPS) is 15.4. The van der Waals surface area contributed by atoms with Crippen molar-refractivity contribution in [3.05, 3.63) is 81.5 Å². The van der Waals surface area contributed by atoms with Gasteiger partial charge in [0.05, 0.1) is 18.4 Å². The van der Waals surface area contributed by atoms with Crippen molar-refractivity contribution in [3.8, 4) is 0 Å². The van der Waals surface area contributed by atoms with Gasteiger partial charge in [-0.15, -0.1) is 0 Å². The van der Waals surface area contributed by atoms with Gasteiger partial charge in [0.25, 0.3) is 0 Å². The van der Waals surface area contributed by atoms with Crippen molar-refractivity contribution in [1.82, 2.24) is 19.1 Å². The summed E-state index contributed by atoms with van der Waals surface area (Å²) in [7, 11) is 0. The Morgan fingerprint density at radius 2 is 1.87 bits per heavy atom. The van der Waals surface area contributed by atoms with E-state index >= 15 is 0 Å². The number of allylic oxidation sites excluding steroid dienone is 4. The molecular formula is C21H14F3N5O. The highest BCUT2D eigenvalue weighted by molar-refractivity contribution is 5.79. The van der Waals surface area contributed by atoms with Gasteiger partial charge in [0.2, 0.25) is 5.95 Å². The maximum atomic E-state index is 14.5. The molecule has 30 heavy (non-hydrogen) atoms. The van der Waals surface area contributed by atoms with E-state index in [-0.39, 0.29) is 28.5 Å². The average Bonchev–Trinajstić information content (AvgIpc) is 3.49. The Kier molecular flexibility index (Phi) is 4.20. The summed E-state index contributed by atoms with van der Waals surface area (Å²) in [5.74, 6) is -1.99. The van der Waals surface area contributed by atoms with Crippen LogP contribution in [0.25, 0.3) is 16.9 Å². The van der Waals surface area contributed by atoms with Gasteiger partial charge in [-0.1, -0.05) is 17.5 Å². The third-order valence-electron chi connectivity index (χ3n) is 4.94. The van der Waals surface area contributed by atoms with E-state index in [1.807, 2.05) is 0 Å². The van der Waals surface area contributed by atoms with Gasteiger partial charge in [0.1, 0.15) is 17.2 Å². The lowest BCUT2D eigenvalue weighted by Crippen LogP contribution is -2.25. The second-order valence-electron chi connectivity index (χ2n) is 7.04. The number of hydrogen-bond acceptors (Lipinski definition) is 4. The van der Waals surface area contributed by atoms with Crippen LogP contribution < -0.4 is 11.0 Å². The van der Waals surface area contributed by atoms with Crippen LogP contribution >= 0.6 is 0 Å². The number of fused-ring (bicyclic) bond motifs is 1. The Balaban J connectivity index is 1.73. The highest BCUT2D eigenvalue weighted by atomic mass is 19.1. The molecule has 0 aliphatic heterocycles. The van der Waals surface area contributed by atoms with Crippen molar-refractivity contribution in [1.29, 1.82) is 0 Å². The fourth-order valence-corrected chi connectivity index (χ4v) is 3.26. The zero-order valence-corrected chi connectivity index (χ0v) is 15.5. The van der Waals surface area contributed by atoms with Crippen LogP contribution in [0.1, 0.15) is 18.4 Å². The van der Waals surface area contributed by atoms with E-state index in [9.17, 15) is 18.0 Å². The topological polar surface area (TPSA) is 64.7 Å². The highest BCUT2D eigenvalue weighted by Crippen LogP contribution is 2.26. The summed E-state index contributed by atoms with van der Waals surface area (Å²) in [5, 5.41) is 3.12. The summed E-state index contributed by atoms with van der Waals surface area (Å²) in [6.45, 7) is -0.399. The fourth-order valence-electron chi connectivity index (χ4n) is 3.26. The second kappa shape index (κ2) is 6.91. The van der Waals surface area contributed by atoms with E-state index in [0.717, 1.165) is 40.2 Å². The molecule has 2 aromatic heterocycles. The summed E-state index contributed by atoms with van der Waals surface area (Å²) in [6, 6.07) is 3.72. The van der Waals surface area contributed by atoms with Gasteiger partial charge in [-0.3, -0.25) is 4.57 Å². The highest BCUT2D eigenvalue weighted by Gasteiger charge is 2.25. The summed E-state index contributed by atoms with van der Waals surface area (Å²) in [6.07, 6.45) is 5.67. The maximum Gasteiger partial charge on any atom is 0.335 e. The molecule has 2 aliphatic carbocycles. The molecule has 0 unspecified atom stereocenters. The minimum absolute atomic E-state index is 0.0902. The number of halogens is 3. The first-order valence-electron chi connectivity index (χ1n) is 9.28. The van der Waals surface area contributed by atoms with E-state index in [0.29, 0.717) is 5.95 Å². The molecule has 0 spiro atoms. The lowest BCUT2D eigenvalue weighted by molar-refractivity contribution is 0.543. The molecule has 0 atom stereocenters. The van der Waals surface area contributed by atoms with Crippen molar-refractivity contribution in [2.24, 2.45) is 0 Å². The Morgan fingerprint density at radius 3 is 2.57 bits per heavy atom. The van der Waals surface area contributed by atoms with Crippen LogP contribution in [0.3, 0.4) is 0 Å². The molecule has 3 aromatic rings. The number of rotatable bonds is 5. The predicted octanol–water partition coefficient (Wildman–Crippen LogP) is 3.51. The molecule has 0 amide bonds. The van der Waals surface area contributed by atoms with Gasteiger partial charge in [-0.2, -0.15) is 4.98 Å². The minimum atomic E-state index is -0.787. The van der Waals surface area contributed by atoms with Crippen molar-refractivity contribution in [2.45, 2.75) is 25.4 Å². The van der Waals surface area contributed by atoms with Crippen LogP contribution in [-0.2, 0) is 6.54 Å². The van der Waals surface area contributed by atoms with Crippen molar-refractivity contribution < 1.29 is 13.2 Å². The Labute approximate surface area is 168 Å². The number of nitrogens with zero attached hydrogens (tertiary/aromatic N) is 4. The number of hydrogen-bond donors (Lipinski definition) is 1. The molecule has 1 aromatic carbocycles. The second-order valence-corrected chi connectivity index (χ2v) is 7.04. The molecule has 0 radical (unpaired) electrons. The van der Waals surface area contributed by atoms with Crippen LogP contribution in [0.4, 0.5) is 19.1 Å².